The molecule has 2 N–H and O–H groups in total. The summed E-state index contributed by atoms with van der Waals surface area (Å²) in [7, 11) is 1.69. The van der Waals surface area contributed by atoms with Crippen LogP contribution in [0.2, 0.25) is 0 Å². The highest BCUT2D eigenvalue weighted by molar-refractivity contribution is 5.79. The molecule has 3 rings (SSSR count). The Bertz CT molecular complexity index is 605. The van der Waals surface area contributed by atoms with Gasteiger partial charge >= 0.3 is 0 Å². The zero-order valence-corrected chi connectivity index (χ0v) is 15.2. The molecule has 0 aromatic carbocycles. The molecule has 1 fully saturated rings. The Labute approximate surface area is 143 Å². The maximum Gasteiger partial charge on any atom is 0.226 e. The summed E-state index contributed by atoms with van der Waals surface area (Å²) >= 11 is 0. The van der Waals surface area contributed by atoms with E-state index in [1.807, 2.05) is 4.90 Å². The Balaban J connectivity index is 1.67. The molecule has 6 nitrogen and oxygen atoms in total. The fourth-order valence-corrected chi connectivity index (χ4v) is 3.66. The number of ether oxygens (including phenoxy) is 1. The van der Waals surface area contributed by atoms with Crippen molar-refractivity contribution in [3.05, 3.63) is 17.3 Å². The monoisotopic (exact) mass is 335 g/mol. The van der Waals surface area contributed by atoms with Gasteiger partial charge in [0.25, 0.3) is 0 Å². The first-order valence-corrected chi connectivity index (χ1v) is 8.86. The van der Waals surface area contributed by atoms with Gasteiger partial charge in [0.1, 0.15) is 11.5 Å². The summed E-state index contributed by atoms with van der Waals surface area (Å²) < 4.78 is 11.3. The van der Waals surface area contributed by atoms with Crippen molar-refractivity contribution in [2.75, 3.05) is 13.7 Å². The molecule has 1 aliphatic carbocycles. The minimum absolute atomic E-state index is 0.00179. The number of methoxy groups -OCH3 is 1. The molecular formula is C18H29N3O3. The number of carbonyl (C=O) groups excluding carboxylic acids is 1. The van der Waals surface area contributed by atoms with Crippen molar-refractivity contribution >= 4 is 5.91 Å². The maximum atomic E-state index is 12.9. The molecule has 134 valence electrons. The molecule has 1 aliphatic heterocycles. The zero-order valence-electron chi connectivity index (χ0n) is 15.2. The number of hydrogen-bond donors (Lipinski definition) is 1. The minimum atomic E-state index is -0.114. The molecule has 1 aromatic rings. The van der Waals surface area contributed by atoms with Gasteiger partial charge in [-0.1, -0.05) is 20.8 Å². The average Bonchev–Trinajstić information content (AvgIpc) is 2.97. The number of oxazole rings is 1. The number of amides is 1. The van der Waals surface area contributed by atoms with Crippen LogP contribution in [0.1, 0.15) is 57.4 Å². The standard InChI is InChI=1S/C18H29N3O3/c1-18(2,3)17-20-13-10-21(8-7-15(13)24-17)16(22)11-5-6-14(23-4)12(19)9-11/h11-12,14H,5-10,19H2,1-4H3/t11-,12+,14+/m0/s1. The molecule has 1 saturated carbocycles. The summed E-state index contributed by atoms with van der Waals surface area (Å²) in [6.45, 7) is 7.51. The lowest BCUT2D eigenvalue weighted by Gasteiger charge is -2.35. The molecule has 0 saturated heterocycles. The van der Waals surface area contributed by atoms with Gasteiger partial charge in [-0.3, -0.25) is 4.79 Å². The summed E-state index contributed by atoms with van der Waals surface area (Å²) in [6, 6.07) is -0.0578. The number of carbonyl (C=O) groups is 1. The third kappa shape index (κ3) is 3.35. The second-order valence-corrected chi connectivity index (χ2v) is 8.10. The zero-order chi connectivity index (χ0) is 17.5. The number of nitrogens with two attached hydrogens (primary N) is 1. The van der Waals surface area contributed by atoms with Gasteiger partial charge in [0.05, 0.1) is 12.6 Å². The Morgan fingerprint density at radius 2 is 2.12 bits per heavy atom. The van der Waals surface area contributed by atoms with Crippen molar-refractivity contribution in [2.45, 2.75) is 70.6 Å². The van der Waals surface area contributed by atoms with Crippen LogP contribution in [0, 0.1) is 5.92 Å². The first kappa shape index (κ1) is 17.4. The predicted molar refractivity (Wildman–Crippen MR) is 90.4 cm³/mol. The molecule has 2 aliphatic rings. The van der Waals surface area contributed by atoms with E-state index in [1.165, 1.54) is 0 Å². The minimum Gasteiger partial charge on any atom is -0.445 e. The number of hydrogen-bond acceptors (Lipinski definition) is 5. The maximum absolute atomic E-state index is 12.9. The molecule has 0 unspecified atom stereocenters. The van der Waals surface area contributed by atoms with Gasteiger partial charge in [0, 0.05) is 37.5 Å². The molecule has 0 bridgehead atoms. The third-order valence-electron chi connectivity index (χ3n) is 5.17. The molecule has 3 atom stereocenters. The number of nitrogens with zero attached hydrogens (tertiary/aromatic N) is 2. The predicted octanol–water partition coefficient (Wildman–Crippen LogP) is 2.00. The summed E-state index contributed by atoms with van der Waals surface area (Å²) in [5, 5.41) is 0. The Morgan fingerprint density at radius 1 is 1.38 bits per heavy atom. The van der Waals surface area contributed by atoms with Crippen LogP contribution < -0.4 is 5.73 Å². The van der Waals surface area contributed by atoms with E-state index in [9.17, 15) is 4.79 Å². The van der Waals surface area contributed by atoms with Crippen LogP contribution in [0.15, 0.2) is 4.42 Å². The molecule has 24 heavy (non-hydrogen) atoms. The molecule has 2 heterocycles. The van der Waals surface area contributed by atoms with Crippen LogP contribution in [-0.2, 0) is 27.9 Å². The van der Waals surface area contributed by atoms with Gasteiger partial charge in [-0.05, 0) is 19.3 Å². The first-order chi connectivity index (χ1) is 11.3. The van der Waals surface area contributed by atoms with E-state index >= 15 is 0 Å². The third-order valence-corrected chi connectivity index (χ3v) is 5.17. The highest BCUT2D eigenvalue weighted by Crippen LogP contribution is 2.31. The molecule has 0 radical (unpaired) electrons. The molecule has 1 amide bonds. The highest BCUT2D eigenvalue weighted by atomic mass is 16.5. The smallest absolute Gasteiger partial charge is 0.226 e. The summed E-state index contributed by atoms with van der Waals surface area (Å²) in [5.74, 6) is 1.89. The van der Waals surface area contributed by atoms with E-state index in [0.717, 1.165) is 36.6 Å². The van der Waals surface area contributed by atoms with Gasteiger partial charge in [-0.25, -0.2) is 4.98 Å². The van der Waals surface area contributed by atoms with E-state index in [1.54, 1.807) is 7.11 Å². The van der Waals surface area contributed by atoms with Crippen LogP contribution in [0.3, 0.4) is 0 Å². The van der Waals surface area contributed by atoms with Gasteiger partial charge in [-0.2, -0.15) is 0 Å². The highest BCUT2D eigenvalue weighted by Gasteiger charge is 2.36. The number of rotatable bonds is 2. The van der Waals surface area contributed by atoms with E-state index in [-0.39, 0.29) is 29.4 Å². The van der Waals surface area contributed by atoms with Crippen molar-refractivity contribution in [2.24, 2.45) is 11.7 Å². The average molecular weight is 335 g/mol. The second kappa shape index (κ2) is 6.48. The topological polar surface area (TPSA) is 81.6 Å². The van der Waals surface area contributed by atoms with Crippen molar-refractivity contribution < 1.29 is 13.9 Å². The van der Waals surface area contributed by atoms with Crippen molar-refractivity contribution in [1.29, 1.82) is 0 Å². The Morgan fingerprint density at radius 3 is 2.75 bits per heavy atom. The lowest BCUT2D eigenvalue weighted by Crippen LogP contribution is -2.47. The van der Waals surface area contributed by atoms with E-state index < -0.39 is 0 Å². The first-order valence-electron chi connectivity index (χ1n) is 8.86. The quantitative estimate of drug-likeness (QED) is 0.894. The van der Waals surface area contributed by atoms with Crippen LogP contribution >= 0.6 is 0 Å². The number of fused-ring (bicyclic) bond motifs is 1. The van der Waals surface area contributed by atoms with Gasteiger partial charge in [-0.15, -0.1) is 0 Å². The normalized spacial score (nSPS) is 27.9. The second-order valence-electron chi connectivity index (χ2n) is 8.10. The van der Waals surface area contributed by atoms with Gasteiger partial charge in [0.15, 0.2) is 5.89 Å². The van der Waals surface area contributed by atoms with E-state index in [2.05, 4.69) is 25.8 Å². The molecule has 1 aromatic heterocycles. The Kier molecular flexibility index (Phi) is 4.71. The lowest BCUT2D eigenvalue weighted by atomic mass is 9.83. The Hall–Kier alpha value is -1.40. The largest absolute Gasteiger partial charge is 0.445 e. The van der Waals surface area contributed by atoms with Crippen LogP contribution in [0.5, 0.6) is 0 Å². The summed E-state index contributed by atoms with van der Waals surface area (Å²) in [4.78, 5) is 19.4. The van der Waals surface area contributed by atoms with E-state index in [4.69, 9.17) is 14.9 Å². The SMILES string of the molecule is CO[C@@H]1CC[C@H](C(=O)N2CCc3oc(C(C)(C)C)nc3C2)C[C@H]1N. The van der Waals surface area contributed by atoms with E-state index in [0.29, 0.717) is 19.5 Å². The number of aromatic nitrogens is 1. The van der Waals surface area contributed by atoms with Crippen LogP contribution in [0.4, 0.5) is 0 Å². The van der Waals surface area contributed by atoms with Crippen molar-refractivity contribution in [3.8, 4) is 0 Å². The van der Waals surface area contributed by atoms with Crippen molar-refractivity contribution in [3.63, 3.8) is 0 Å². The fraction of sp³-hybridized carbons (Fsp3) is 0.778. The van der Waals surface area contributed by atoms with Crippen LogP contribution in [0.25, 0.3) is 0 Å². The summed E-state index contributed by atoms with van der Waals surface area (Å²) in [5.41, 5.74) is 6.95. The van der Waals surface area contributed by atoms with Crippen molar-refractivity contribution in [1.82, 2.24) is 9.88 Å². The summed E-state index contributed by atoms with van der Waals surface area (Å²) in [6.07, 6.45) is 3.22. The molecular weight excluding hydrogens is 306 g/mol. The molecule has 6 heteroatoms. The molecule has 0 spiro atoms. The fourth-order valence-electron chi connectivity index (χ4n) is 3.66. The van der Waals surface area contributed by atoms with Crippen LogP contribution in [-0.4, -0.2) is 41.6 Å². The lowest BCUT2D eigenvalue weighted by molar-refractivity contribution is -0.138. The van der Waals surface area contributed by atoms with Gasteiger partial charge in [0.2, 0.25) is 5.91 Å². The van der Waals surface area contributed by atoms with Gasteiger partial charge < -0.3 is 19.8 Å².